The second-order valence-corrected chi connectivity index (χ2v) is 9.73. The number of H-pyrrole nitrogens is 1. The van der Waals surface area contributed by atoms with Crippen molar-refractivity contribution >= 4 is 40.0 Å². The summed E-state index contributed by atoms with van der Waals surface area (Å²) < 4.78 is 21.2. The number of benzene rings is 2. The molecule has 1 amide bonds. The number of ether oxygens (including phenoxy) is 1. The van der Waals surface area contributed by atoms with Gasteiger partial charge in [-0.2, -0.15) is 0 Å². The number of aromatic amines is 1. The SMILES string of the molecule is C=CC(=O)N1CCC(c2c[nH]c3ncnc(Nc4ccc(Oc5ccnc(Nc6ccccc6)c5)cc4F)c23)CC1. The summed E-state index contributed by atoms with van der Waals surface area (Å²) in [5.74, 6) is 1.67. The van der Waals surface area contributed by atoms with E-state index in [0.717, 1.165) is 29.5 Å². The topological polar surface area (TPSA) is 108 Å². The monoisotopic (exact) mass is 549 g/mol. The number of pyridine rings is 1. The van der Waals surface area contributed by atoms with Gasteiger partial charge in [-0.25, -0.2) is 19.3 Å². The smallest absolute Gasteiger partial charge is 0.245 e. The number of hydrogen-bond donors (Lipinski definition) is 3. The number of anilines is 4. The number of carbonyl (C=O) groups excluding carboxylic acids is 1. The van der Waals surface area contributed by atoms with E-state index in [4.69, 9.17) is 4.74 Å². The van der Waals surface area contributed by atoms with E-state index in [0.29, 0.717) is 41.9 Å². The van der Waals surface area contributed by atoms with Gasteiger partial charge in [-0.15, -0.1) is 0 Å². The number of amides is 1. The van der Waals surface area contributed by atoms with Crippen LogP contribution in [0.4, 0.5) is 27.4 Å². The van der Waals surface area contributed by atoms with Gasteiger partial charge in [0.2, 0.25) is 5.91 Å². The van der Waals surface area contributed by atoms with Crippen LogP contribution < -0.4 is 15.4 Å². The van der Waals surface area contributed by atoms with Crippen molar-refractivity contribution in [3.05, 3.63) is 103 Å². The Morgan fingerprint density at radius 1 is 1.02 bits per heavy atom. The average molecular weight is 550 g/mol. The predicted octanol–water partition coefficient (Wildman–Crippen LogP) is 6.66. The third-order valence-corrected chi connectivity index (χ3v) is 7.13. The van der Waals surface area contributed by atoms with E-state index >= 15 is 4.39 Å². The van der Waals surface area contributed by atoms with E-state index in [-0.39, 0.29) is 17.5 Å². The molecule has 1 saturated heterocycles. The fourth-order valence-corrected chi connectivity index (χ4v) is 5.08. The molecule has 0 saturated carbocycles. The van der Waals surface area contributed by atoms with E-state index in [1.165, 1.54) is 18.5 Å². The normalized spacial score (nSPS) is 13.6. The number of halogens is 1. The molecule has 41 heavy (non-hydrogen) atoms. The molecule has 10 heteroatoms. The number of carbonyl (C=O) groups is 1. The van der Waals surface area contributed by atoms with E-state index < -0.39 is 5.82 Å². The van der Waals surface area contributed by atoms with Crippen molar-refractivity contribution in [1.29, 1.82) is 0 Å². The van der Waals surface area contributed by atoms with E-state index in [1.54, 1.807) is 35.4 Å². The maximum atomic E-state index is 15.3. The van der Waals surface area contributed by atoms with Gasteiger partial charge in [0, 0.05) is 43.3 Å². The quantitative estimate of drug-likeness (QED) is 0.186. The molecule has 0 radical (unpaired) electrons. The van der Waals surface area contributed by atoms with Crippen molar-refractivity contribution in [2.24, 2.45) is 0 Å². The number of likely N-dealkylation sites (tertiary alicyclic amines) is 1. The number of aromatic nitrogens is 4. The van der Waals surface area contributed by atoms with Crippen LogP contribution in [0.15, 0.2) is 92.0 Å². The first-order valence-corrected chi connectivity index (χ1v) is 13.3. The second-order valence-electron chi connectivity index (χ2n) is 9.73. The van der Waals surface area contributed by atoms with Crippen molar-refractivity contribution in [3.8, 4) is 11.5 Å². The van der Waals surface area contributed by atoms with E-state index in [9.17, 15) is 4.79 Å². The minimum absolute atomic E-state index is 0.0517. The average Bonchev–Trinajstić information content (AvgIpc) is 3.44. The molecule has 3 N–H and O–H groups in total. The van der Waals surface area contributed by atoms with Gasteiger partial charge >= 0.3 is 0 Å². The molecule has 6 rings (SSSR count). The maximum Gasteiger partial charge on any atom is 0.245 e. The molecule has 1 aliphatic heterocycles. The third-order valence-electron chi connectivity index (χ3n) is 7.13. The van der Waals surface area contributed by atoms with Crippen molar-refractivity contribution < 1.29 is 13.9 Å². The number of piperidine rings is 1. The molecule has 1 fully saturated rings. The Hall–Kier alpha value is -5.25. The number of para-hydroxylation sites is 1. The highest BCUT2D eigenvalue weighted by molar-refractivity contribution is 5.92. The lowest BCUT2D eigenvalue weighted by atomic mass is 9.89. The van der Waals surface area contributed by atoms with Gasteiger partial charge in [-0.05, 0) is 60.7 Å². The van der Waals surface area contributed by atoms with Crippen molar-refractivity contribution in [2.75, 3.05) is 23.7 Å². The lowest BCUT2D eigenvalue weighted by molar-refractivity contribution is -0.127. The Bertz CT molecular complexity index is 1700. The molecular formula is C31H28FN7O2. The lowest BCUT2D eigenvalue weighted by Crippen LogP contribution is -2.36. The first kappa shape index (κ1) is 26.0. The summed E-state index contributed by atoms with van der Waals surface area (Å²) in [5, 5.41) is 7.18. The summed E-state index contributed by atoms with van der Waals surface area (Å²) in [6, 6.07) is 17.8. The fraction of sp³-hybridized carbons (Fsp3) is 0.161. The molecule has 9 nitrogen and oxygen atoms in total. The molecule has 206 valence electrons. The molecule has 0 aliphatic carbocycles. The molecule has 4 heterocycles. The summed E-state index contributed by atoms with van der Waals surface area (Å²) in [4.78, 5) is 30.1. The number of hydrogen-bond acceptors (Lipinski definition) is 7. The van der Waals surface area contributed by atoms with Gasteiger partial charge in [-0.3, -0.25) is 4.79 Å². The summed E-state index contributed by atoms with van der Waals surface area (Å²) in [6.07, 6.45) is 7.96. The molecule has 5 aromatic rings. The van der Waals surface area contributed by atoms with E-state index in [1.807, 2.05) is 36.5 Å². The Balaban J connectivity index is 1.18. The summed E-state index contributed by atoms with van der Waals surface area (Å²) in [7, 11) is 0. The summed E-state index contributed by atoms with van der Waals surface area (Å²) in [6.45, 7) is 4.88. The Labute approximate surface area is 236 Å². The van der Waals surface area contributed by atoms with E-state index in [2.05, 4.69) is 37.1 Å². The standard InChI is InChI=1S/C31H28FN7O2/c1-2-28(40)39-14-11-20(12-15-39)24-18-34-30-29(24)31(36-19-35-30)38-26-9-8-22(16-25(26)32)41-23-10-13-33-27(17-23)37-21-6-4-3-5-7-21/h2-10,13,16-20H,1,11-12,14-15H2,(H,33,37)(H2,34,35,36,38). The zero-order valence-corrected chi connectivity index (χ0v) is 22.2. The van der Waals surface area contributed by atoms with Crippen LogP contribution in [0.2, 0.25) is 0 Å². The molecule has 0 spiro atoms. The maximum absolute atomic E-state index is 15.3. The molecule has 2 aromatic carbocycles. The highest BCUT2D eigenvalue weighted by Gasteiger charge is 2.26. The van der Waals surface area contributed by atoms with Gasteiger partial charge in [0.25, 0.3) is 0 Å². The van der Waals surface area contributed by atoms with Gasteiger partial charge in [-0.1, -0.05) is 24.8 Å². The highest BCUT2D eigenvalue weighted by atomic mass is 19.1. The predicted molar refractivity (Wildman–Crippen MR) is 156 cm³/mol. The van der Waals surface area contributed by atoms with Crippen LogP contribution >= 0.6 is 0 Å². The minimum Gasteiger partial charge on any atom is -0.457 e. The Morgan fingerprint density at radius 2 is 1.83 bits per heavy atom. The minimum atomic E-state index is -0.487. The second kappa shape index (κ2) is 11.5. The Kier molecular flexibility index (Phi) is 7.27. The zero-order chi connectivity index (χ0) is 28.2. The molecule has 1 aliphatic rings. The van der Waals surface area contributed by atoms with Crippen LogP contribution in [0, 0.1) is 5.82 Å². The highest BCUT2D eigenvalue weighted by Crippen LogP contribution is 2.37. The number of rotatable bonds is 8. The lowest BCUT2D eigenvalue weighted by Gasteiger charge is -2.31. The Morgan fingerprint density at radius 3 is 2.61 bits per heavy atom. The molecular weight excluding hydrogens is 521 g/mol. The van der Waals surface area contributed by atoms with Crippen LogP contribution in [0.1, 0.15) is 24.3 Å². The molecule has 3 aromatic heterocycles. The van der Waals surface area contributed by atoms with Crippen molar-refractivity contribution in [2.45, 2.75) is 18.8 Å². The van der Waals surface area contributed by atoms with Gasteiger partial charge in [0.05, 0.1) is 11.1 Å². The van der Waals surface area contributed by atoms with Crippen molar-refractivity contribution in [3.63, 3.8) is 0 Å². The van der Waals surface area contributed by atoms with Gasteiger partial charge in [0.15, 0.2) is 0 Å². The third kappa shape index (κ3) is 5.72. The van der Waals surface area contributed by atoms with Crippen LogP contribution in [-0.2, 0) is 4.79 Å². The van der Waals surface area contributed by atoms with Gasteiger partial charge in [0.1, 0.15) is 40.9 Å². The largest absolute Gasteiger partial charge is 0.457 e. The van der Waals surface area contributed by atoms with Crippen LogP contribution in [0.25, 0.3) is 11.0 Å². The van der Waals surface area contributed by atoms with Crippen molar-refractivity contribution in [1.82, 2.24) is 24.8 Å². The van der Waals surface area contributed by atoms with Crippen LogP contribution in [0.3, 0.4) is 0 Å². The first-order valence-electron chi connectivity index (χ1n) is 13.3. The number of fused-ring (bicyclic) bond motifs is 1. The zero-order valence-electron chi connectivity index (χ0n) is 22.2. The molecule has 0 atom stereocenters. The molecule has 0 bridgehead atoms. The van der Waals surface area contributed by atoms with Crippen LogP contribution in [-0.4, -0.2) is 43.8 Å². The molecule has 0 unspecified atom stereocenters. The number of nitrogens with zero attached hydrogens (tertiary/aromatic N) is 4. The van der Waals surface area contributed by atoms with Crippen LogP contribution in [0.5, 0.6) is 11.5 Å². The number of nitrogens with one attached hydrogen (secondary N) is 3. The summed E-state index contributed by atoms with van der Waals surface area (Å²) >= 11 is 0. The first-order chi connectivity index (χ1) is 20.1. The fourth-order valence-electron chi connectivity index (χ4n) is 5.08. The summed E-state index contributed by atoms with van der Waals surface area (Å²) in [5.41, 5.74) is 2.88. The van der Waals surface area contributed by atoms with Gasteiger partial charge < -0.3 is 25.3 Å².